The van der Waals surface area contributed by atoms with Gasteiger partial charge in [0.05, 0.1) is 0 Å². The summed E-state index contributed by atoms with van der Waals surface area (Å²) in [6, 6.07) is 0. The van der Waals surface area contributed by atoms with Crippen molar-refractivity contribution in [2.45, 2.75) is 46.5 Å². The van der Waals surface area contributed by atoms with Gasteiger partial charge in [-0.2, -0.15) is 0 Å². The molecule has 0 heterocycles. The van der Waals surface area contributed by atoms with E-state index in [1.54, 1.807) is 6.92 Å². The summed E-state index contributed by atoms with van der Waals surface area (Å²) in [5.41, 5.74) is 0.505. The number of rotatable bonds is 3. The number of Topliss-reactive ketones (excluding diaryl/α,β-unsaturated/α-hetero) is 1. The van der Waals surface area contributed by atoms with Crippen molar-refractivity contribution in [2.24, 2.45) is 11.3 Å². The van der Waals surface area contributed by atoms with Crippen LogP contribution in [0.5, 0.6) is 0 Å². The summed E-state index contributed by atoms with van der Waals surface area (Å²) in [6.45, 7) is 6.05. The van der Waals surface area contributed by atoms with Gasteiger partial charge < -0.3 is 0 Å². The molecular formula is C10H18O. The molecule has 0 aromatic carbocycles. The van der Waals surface area contributed by atoms with Crippen molar-refractivity contribution in [1.29, 1.82) is 0 Å². The molecule has 0 N–H and O–H groups in total. The lowest BCUT2D eigenvalue weighted by Crippen LogP contribution is -2.29. The maximum Gasteiger partial charge on any atom is 0.132 e. The molecular weight excluding hydrogens is 136 g/mol. The lowest BCUT2D eigenvalue weighted by Gasteiger charge is -2.40. The van der Waals surface area contributed by atoms with Crippen LogP contribution in [-0.4, -0.2) is 5.78 Å². The van der Waals surface area contributed by atoms with Gasteiger partial charge in [0.2, 0.25) is 0 Å². The van der Waals surface area contributed by atoms with E-state index in [1.807, 2.05) is 6.92 Å². The third-order valence-electron chi connectivity index (χ3n) is 3.05. The summed E-state index contributed by atoms with van der Waals surface area (Å²) in [5.74, 6) is 0.624. The molecule has 1 atom stereocenters. The molecule has 0 bridgehead atoms. The van der Waals surface area contributed by atoms with Gasteiger partial charge in [-0.3, -0.25) is 4.79 Å². The molecule has 0 aromatic rings. The average molecular weight is 154 g/mol. The van der Waals surface area contributed by atoms with Gasteiger partial charge in [-0.1, -0.05) is 20.3 Å². The summed E-state index contributed by atoms with van der Waals surface area (Å²) in [6.07, 6.45) is 5.11. The first-order chi connectivity index (χ1) is 5.03. The van der Waals surface area contributed by atoms with Crippen LogP contribution in [0.15, 0.2) is 0 Å². The first kappa shape index (κ1) is 8.76. The first-order valence-corrected chi connectivity index (χ1v) is 4.54. The maximum atomic E-state index is 11.0. The Labute approximate surface area is 69.2 Å². The van der Waals surface area contributed by atoms with E-state index in [9.17, 15) is 4.79 Å². The molecule has 0 radical (unpaired) electrons. The summed E-state index contributed by atoms with van der Waals surface area (Å²) >= 11 is 0. The maximum absolute atomic E-state index is 11.0. The van der Waals surface area contributed by atoms with Crippen molar-refractivity contribution < 1.29 is 4.79 Å². The molecule has 1 saturated carbocycles. The molecule has 0 aromatic heterocycles. The molecule has 1 fully saturated rings. The Hall–Kier alpha value is -0.330. The fourth-order valence-electron chi connectivity index (χ4n) is 1.87. The van der Waals surface area contributed by atoms with Crippen molar-refractivity contribution in [2.75, 3.05) is 0 Å². The third-order valence-corrected chi connectivity index (χ3v) is 3.05. The van der Waals surface area contributed by atoms with Crippen LogP contribution < -0.4 is 0 Å². The molecule has 1 unspecified atom stereocenters. The molecule has 1 aliphatic carbocycles. The molecule has 1 rings (SSSR count). The molecule has 1 heteroatoms. The Bertz CT molecular complexity index is 156. The van der Waals surface area contributed by atoms with Gasteiger partial charge in [0.1, 0.15) is 5.78 Å². The Kier molecular flexibility index (Phi) is 2.36. The van der Waals surface area contributed by atoms with E-state index in [2.05, 4.69) is 6.92 Å². The largest absolute Gasteiger partial charge is 0.300 e. The van der Waals surface area contributed by atoms with Gasteiger partial charge >= 0.3 is 0 Å². The van der Waals surface area contributed by atoms with Gasteiger partial charge in [0.25, 0.3) is 0 Å². The minimum atomic E-state index is 0.278. The van der Waals surface area contributed by atoms with Crippen LogP contribution in [0.4, 0.5) is 0 Å². The lowest BCUT2D eigenvalue weighted by atomic mass is 9.65. The molecule has 1 aliphatic rings. The van der Waals surface area contributed by atoms with E-state index in [1.165, 1.54) is 19.3 Å². The second kappa shape index (κ2) is 2.96. The van der Waals surface area contributed by atoms with E-state index >= 15 is 0 Å². The highest BCUT2D eigenvalue weighted by molar-refractivity contribution is 5.77. The SMILES string of the molecule is CC(=O)C(C)CC1(C)CCC1. The van der Waals surface area contributed by atoms with Crippen LogP contribution in [0.2, 0.25) is 0 Å². The zero-order valence-electron chi connectivity index (χ0n) is 7.81. The Morgan fingerprint density at radius 2 is 2.09 bits per heavy atom. The topological polar surface area (TPSA) is 17.1 Å². The van der Waals surface area contributed by atoms with Gasteiger partial charge in [-0.25, -0.2) is 0 Å². The van der Waals surface area contributed by atoms with Crippen LogP contribution in [0.3, 0.4) is 0 Å². The van der Waals surface area contributed by atoms with E-state index in [0.717, 1.165) is 6.42 Å². The minimum Gasteiger partial charge on any atom is -0.300 e. The highest BCUT2D eigenvalue weighted by Crippen LogP contribution is 2.45. The van der Waals surface area contributed by atoms with Gasteiger partial charge in [-0.15, -0.1) is 0 Å². The van der Waals surface area contributed by atoms with Crippen molar-refractivity contribution in [3.63, 3.8) is 0 Å². The minimum absolute atomic E-state index is 0.278. The average Bonchev–Trinajstić information content (AvgIpc) is 1.84. The first-order valence-electron chi connectivity index (χ1n) is 4.54. The third kappa shape index (κ3) is 2.05. The highest BCUT2D eigenvalue weighted by atomic mass is 16.1. The van der Waals surface area contributed by atoms with Crippen LogP contribution >= 0.6 is 0 Å². The van der Waals surface area contributed by atoms with E-state index < -0.39 is 0 Å². The van der Waals surface area contributed by atoms with Crippen molar-refractivity contribution in [3.8, 4) is 0 Å². The number of carbonyl (C=O) groups excluding carboxylic acids is 1. The summed E-state index contributed by atoms with van der Waals surface area (Å²) in [5, 5.41) is 0. The van der Waals surface area contributed by atoms with E-state index in [-0.39, 0.29) is 5.92 Å². The Morgan fingerprint density at radius 3 is 2.36 bits per heavy atom. The Balaban J connectivity index is 2.35. The van der Waals surface area contributed by atoms with Crippen LogP contribution in [-0.2, 0) is 4.79 Å². The van der Waals surface area contributed by atoms with Crippen LogP contribution in [0.25, 0.3) is 0 Å². The van der Waals surface area contributed by atoms with Gasteiger partial charge in [-0.05, 0) is 31.6 Å². The smallest absolute Gasteiger partial charge is 0.132 e. The number of ketones is 1. The molecule has 11 heavy (non-hydrogen) atoms. The predicted octanol–water partition coefficient (Wildman–Crippen LogP) is 2.79. The van der Waals surface area contributed by atoms with E-state index in [0.29, 0.717) is 11.2 Å². The summed E-state index contributed by atoms with van der Waals surface area (Å²) in [7, 11) is 0. The molecule has 64 valence electrons. The van der Waals surface area contributed by atoms with Crippen molar-refractivity contribution in [1.82, 2.24) is 0 Å². The zero-order chi connectivity index (χ0) is 8.48. The lowest BCUT2D eigenvalue weighted by molar-refractivity contribution is -0.121. The van der Waals surface area contributed by atoms with Crippen molar-refractivity contribution >= 4 is 5.78 Å². The van der Waals surface area contributed by atoms with E-state index in [4.69, 9.17) is 0 Å². The normalized spacial score (nSPS) is 23.9. The molecule has 0 saturated heterocycles. The highest BCUT2D eigenvalue weighted by Gasteiger charge is 2.33. The molecule has 0 amide bonds. The standard InChI is InChI=1S/C10H18O/c1-8(9(2)11)7-10(3)5-4-6-10/h8H,4-7H2,1-3H3. The fraction of sp³-hybridized carbons (Fsp3) is 0.900. The molecule has 1 nitrogen and oxygen atoms in total. The van der Waals surface area contributed by atoms with Gasteiger partial charge in [0.15, 0.2) is 0 Å². The second-order valence-electron chi connectivity index (χ2n) is 4.38. The summed E-state index contributed by atoms with van der Waals surface area (Å²) < 4.78 is 0. The van der Waals surface area contributed by atoms with Crippen LogP contribution in [0.1, 0.15) is 46.5 Å². The fourth-order valence-corrected chi connectivity index (χ4v) is 1.87. The number of hydrogen-bond acceptors (Lipinski definition) is 1. The second-order valence-corrected chi connectivity index (χ2v) is 4.38. The number of carbonyl (C=O) groups is 1. The zero-order valence-corrected chi connectivity index (χ0v) is 7.81. The predicted molar refractivity (Wildman–Crippen MR) is 46.4 cm³/mol. The molecule has 0 spiro atoms. The summed E-state index contributed by atoms with van der Waals surface area (Å²) in [4.78, 5) is 11.0. The van der Waals surface area contributed by atoms with Crippen molar-refractivity contribution in [3.05, 3.63) is 0 Å². The quantitative estimate of drug-likeness (QED) is 0.611. The molecule has 0 aliphatic heterocycles. The monoisotopic (exact) mass is 154 g/mol. The van der Waals surface area contributed by atoms with Gasteiger partial charge in [0, 0.05) is 5.92 Å². The number of hydrogen-bond donors (Lipinski definition) is 0. The van der Waals surface area contributed by atoms with Crippen LogP contribution in [0, 0.1) is 11.3 Å². The Morgan fingerprint density at radius 1 is 1.55 bits per heavy atom.